The number of aromatic nitrogens is 4. The standard InChI is InChI=1S/C16H14ClN4O2/c1-10-6-4-5-7-13(10)22-16-12(17)9-14(18-19-16)23-15-8-11(2)20-21(15)3/h4-7,9H,1-3H3. The van der Waals surface area contributed by atoms with Gasteiger partial charge in [-0.15, -0.1) is 10.2 Å². The largest absolute Gasteiger partial charge is 0.436 e. The molecule has 117 valence electrons. The predicted octanol–water partition coefficient (Wildman–Crippen LogP) is 3.87. The summed E-state index contributed by atoms with van der Waals surface area (Å²) in [4.78, 5) is 0. The summed E-state index contributed by atoms with van der Waals surface area (Å²) in [5, 5.41) is 12.4. The van der Waals surface area contributed by atoms with Crippen LogP contribution in [-0.4, -0.2) is 20.0 Å². The molecule has 0 saturated heterocycles. The van der Waals surface area contributed by atoms with E-state index < -0.39 is 0 Å². The average Bonchev–Trinajstić information content (AvgIpc) is 2.82. The molecule has 23 heavy (non-hydrogen) atoms. The fourth-order valence-corrected chi connectivity index (χ4v) is 2.13. The number of hydrogen-bond donors (Lipinski definition) is 0. The smallest absolute Gasteiger partial charge is 0.258 e. The highest BCUT2D eigenvalue weighted by molar-refractivity contribution is 6.31. The molecule has 0 fully saturated rings. The summed E-state index contributed by atoms with van der Waals surface area (Å²) in [6.07, 6.45) is 0. The van der Waals surface area contributed by atoms with Crippen LogP contribution in [0.3, 0.4) is 0 Å². The molecule has 0 aliphatic carbocycles. The van der Waals surface area contributed by atoms with Crippen LogP contribution in [0.4, 0.5) is 0 Å². The van der Waals surface area contributed by atoms with Gasteiger partial charge < -0.3 is 9.47 Å². The van der Waals surface area contributed by atoms with Crippen molar-refractivity contribution in [3.8, 4) is 23.4 Å². The average molecular weight is 330 g/mol. The molecule has 3 rings (SSSR count). The zero-order valence-electron chi connectivity index (χ0n) is 12.9. The van der Waals surface area contributed by atoms with Gasteiger partial charge in [-0.3, -0.25) is 0 Å². The molecule has 0 atom stereocenters. The van der Waals surface area contributed by atoms with Crippen molar-refractivity contribution in [2.24, 2.45) is 7.05 Å². The zero-order valence-corrected chi connectivity index (χ0v) is 13.6. The molecule has 0 saturated carbocycles. The van der Waals surface area contributed by atoms with Gasteiger partial charge in [-0.25, -0.2) is 4.68 Å². The lowest BCUT2D eigenvalue weighted by molar-refractivity contribution is 0.398. The maximum Gasteiger partial charge on any atom is 0.258 e. The van der Waals surface area contributed by atoms with Crippen LogP contribution in [-0.2, 0) is 7.05 Å². The van der Waals surface area contributed by atoms with Gasteiger partial charge in [-0.1, -0.05) is 29.8 Å². The van der Waals surface area contributed by atoms with E-state index in [1.807, 2.05) is 38.1 Å². The van der Waals surface area contributed by atoms with E-state index in [0.717, 1.165) is 11.3 Å². The van der Waals surface area contributed by atoms with Crippen LogP contribution in [0.15, 0.2) is 30.3 Å². The van der Waals surface area contributed by atoms with E-state index >= 15 is 0 Å². The topological polar surface area (TPSA) is 62.1 Å². The molecular formula is C16H14ClN4O2. The van der Waals surface area contributed by atoms with Crippen molar-refractivity contribution in [3.63, 3.8) is 0 Å². The summed E-state index contributed by atoms with van der Waals surface area (Å²) in [6, 6.07) is 12.1. The van der Waals surface area contributed by atoms with Gasteiger partial charge >= 0.3 is 0 Å². The molecule has 0 amide bonds. The van der Waals surface area contributed by atoms with Gasteiger partial charge in [-0.05, 0) is 25.5 Å². The Bertz CT molecular complexity index is 848. The third-order valence-electron chi connectivity index (χ3n) is 3.08. The summed E-state index contributed by atoms with van der Waals surface area (Å²) in [5.41, 5.74) is 1.70. The van der Waals surface area contributed by atoms with Gasteiger partial charge in [-0.2, -0.15) is 5.10 Å². The first-order valence-corrected chi connectivity index (χ1v) is 7.28. The number of rotatable bonds is 4. The molecule has 2 heterocycles. The summed E-state index contributed by atoms with van der Waals surface area (Å²) < 4.78 is 12.8. The molecular weight excluding hydrogens is 316 g/mol. The normalized spacial score (nSPS) is 10.6. The first-order valence-electron chi connectivity index (χ1n) is 6.90. The molecule has 3 aromatic rings. The second-order valence-corrected chi connectivity index (χ2v) is 5.35. The number of para-hydroxylation sites is 1. The van der Waals surface area contributed by atoms with E-state index in [-0.39, 0.29) is 11.8 Å². The Balaban J connectivity index is 1.81. The SMILES string of the molecule is Cc1[c]c(Oc2cc(Cl)c(Oc3ccccc3C)nn2)n(C)n1. The van der Waals surface area contributed by atoms with Crippen molar-refractivity contribution in [2.45, 2.75) is 13.8 Å². The van der Waals surface area contributed by atoms with E-state index in [0.29, 0.717) is 16.7 Å². The maximum atomic E-state index is 6.20. The quantitative estimate of drug-likeness (QED) is 0.727. The molecule has 0 unspecified atom stereocenters. The lowest BCUT2D eigenvalue weighted by atomic mass is 10.2. The molecule has 1 aromatic carbocycles. The van der Waals surface area contributed by atoms with Gasteiger partial charge in [0.2, 0.25) is 11.8 Å². The van der Waals surface area contributed by atoms with Crippen LogP contribution in [0.5, 0.6) is 23.4 Å². The van der Waals surface area contributed by atoms with Crippen molar-refractivity contribution >= 4 is 11.6 Å². The van der Waals surface area contributed by atoms with E-state index in [2.05, 4.69) is 21.4 Å². The molecule has 0 aliphatic rings. The summed E-state index contributed by atoms with van der Waals surface area (Å²) in [7, 11) is 1.75. The molecule has 0 aliphatic heterocycles. The van der Waals surface area contributed by atoms with Crippen LogP contribution >= 0.6 is 11.6 Å². The molecule has 1 radical (unpaired) electrons. The van der Waals surface area contributed by atoms with Crippen LogP contribution in [0.1, 0.15) is 11.3 Å². The summed E-state index contributed by atoms with van der Waals surface area (Å²) >= 11 is 6.20. The summed E-state index contributed by atoms with van der Waals surface area (Å²) in [5.74, 6) is 1.57. The highest BCUT2D eigenvalue weighted by Crippen LogP contribution is 2.31. The second kappa shape index (κ2) is 6.26. The van der Waals surface area contributed by atoms with Gasteiger partial charge in [0.15, 0.2) is 0 Å². The first kappa shape index (κ1) is 15.3. The Labute approximate surface area is 138 Å². The number of ether oxygens (including phenoxy) is 2. The Hall–Kier alpha value is -2.60. The maximum absolute atomic E-state index is 6.20. The predicted molar refractivity (Wildman–Crippen MR) is 85.2 cm³/mol. The zero-order chi connectivity index (χ0) is 16.4. The van der Waals surface area contributed by atoms with Crippen LogP contribution in [0.25, 0.3) is 0 Å². The van der Waals surface area contributed by atoms with Crippen molar-refractivity contribution in [2.75, 3.05) is 0 Å². The van der Waals surface area contributed by atoms with Gasteiger partial charge in [0, 0.05) is 13.1 Å². The molecule has 2 aromatic heterocycles. The highest BCUT2D eigenvalue weighted by Gasteiger charge is 2.12. The number of nitrogens with zero attached hydrogens (tertiary/aromatic N) is 4. The van der Waals surface area contributed by atoms with Gasteiger partial charge in [0.25, 0.3) is 5.88 Å². The lowest BCUT2D eigenvalue weighted by Gasteiger charge is -2.09. The van der Waals surface area contributed by atoms with E-state index in [1.165, 1.54) is 0 Å². The van der Waals surface area contributed by atoms with Gasteiger partial charge in [0.1, 0.15) is 10.8 Å². The minimum Gasteiger partial charge on any atom is -0.436 e. The summed E-state index contributed by atoms with van der Waals surface area (Å²) in [6.45, 7) is 3.76. The Morgan fingerprint density at radius 3 is 2.57 bits per heavy atom. The molecule has 6 nitrogen and oxygen atoms in total. The number of halogens is 1. The van der Waals surface area contributed by atoms with Crippen molar-refractivity contribution < 1.29 is 9.47 Å². The third-order valence-corrected chi connectivity index (χ3v) is 3.35. The Kier molecular flexibility index (Phi) is 4.16. The van der Waals surface area contributed by atoms with Crippen molar-refractivity contribution in [1.82, 2.24) is 20.0 Å². The lowest BCUT2D eigenvalue weighted by Crippen LogP contribution is -1.99. The van der Waals surface area contributed by atoms with Crippen LogP contribution < -0.4 is 9.47 Å². The highest BCUT2D eigenvalue weighted by atomic mass is 35.5. The number of benzene rings is 1. The van der Waals surface area contributed by atoms with Gasteiger partial charge in [0.05, 0.1) is 11.8 Å². The number of aryl methyl sites for hydroxylation is 3. The minimum atomic E-state index is 0.221. The molecule has 0 spiro atoms. The van der Waals surface area contributed by atoms with Crippen molar-refractivity contribution in [1.29, 1.82) is 0 Å². The second-order valence-electron chi connectivity index (χ2n) is 4.94. The van der Waals surface area contributed by atoms with E-state index in [9.17, 15) is 0 Å². The first-order chi connectivity index (χ1) is 11.0. The monoisotopic (exact) mass is 329 g/mol. The molecule has 7 heteroatoms. The van der Waals surface area contributed by atoms with Crippen LogP contribution in [0, 0.1) is 19.9 Å². The van der Waals surface area contributed by atoms with Crippen LogP contribution in [0.2, 0.25) is 5.02 Å². The van der Waals surface area contributed by atoms with Crippen molar-refractivity contribution in [3.05, 3.63) is 52.7 Å². The fourth-order valence-electron chi connectivity index (χ4n) is 1.96. The minimum absolute atomic E-state index is 0.221. The fraction of sp³-hybridized carbons (Fsp3) is 0.188. The molecule has 0 N–H and O–H groups in total. The molecule has 0 bridgehead atoms. The number of hydrogen-bond acceptors (Lipinski definition) is 5. The van der Waals surface area contributed by atoms with E-state index in [1.54, 1.807) is 17.8 Å². The Morgan fingerprint density at radius 2 is 1.91 bits per heavy atom. The third kappa shape index (κ3) is 3.43. The van der Waals surface area contributed by atoms with E-state index in [4.69, 9.17) is 21.1 Å². The Morgan fingerprint density at radius 1 is 1.13 bits per heavy atom.